The molecule has 1 fully saturated rings. The van der Waals surface area contributed by atoms with Gasteiger partial charge >= 0.3 is 0 Å². The Morgan fingerprint density at radius 2 is 1.70 bits per heavy atom. The van der Waals surface area contributed by atoms with Crippen molar-refractivity contribution in [2.24, 2.45) is 0 Å². The van der Waals surface area contributed by atoms with Crippen LogP contribution in [0.5, 0.6) is 0 Å². The van der Waals surface area contributed by atoms with E-state index in [0.717, 1.165) is 24.8 Å². The molecule has 8 heteroatoms. The molecule has 27 heavy (non-hydrogen) atoms. The Balaban J connectivity index is 1.86. The zero-order chi connectivity index (χ0) is 19.4. The fraction of sp³-hybridized carbons (Fsp3) is 0.316. The summed E-state index contributed by atoms with van der Waals surface area (Å²) < 4.78 is 41.6. The van der Waals surface area contributed by atoms with E-state index in [1.54, 1.807) is 30.3 Å². The highest BCUT2D eigenvalue weighted by Crippen LogP contribution is 2.28. The summed E-state index contributed by atoms with van der Waals surface area (Å²) in [7, 11) is -3.63. The van der Waals surface area contributed by atoms with Crippen molar-refractivity contribution in [2.45, 2.75) is 31.1 Å². The van der Waals surface area contributed by atoms with Gasteiger partial charge < -0.3 is 10.6 Å². The van der Waals surface area contributed by atoms with Gasteiger partial charge in [-0.2, -0.15) is 4.31 Å². The third kappa shape index (κ3) is 4.63. The minimum Gasteiger partial charge on any atom is -0.331 e. The summed E-state index contributed by atoms with van der Waals surface area (Å²) in [5.74, 6) is -0.438. The number of piperidine rings is 1. The van der Waals surface area contributed by atoms with Crippen molar-refractivity contribution >= 4 is 38.7 Å². The second-order valence-electron chi connectivity index (χ2n) is 6.52. The van der Waals surface area contributed by atoms with E-state index < -0.39 is 15.8 Å². The van der Waals surface area contributed by atoms with Crippen LogP contribution in [0.3, 0.4) is 0 Å². The van der Waals surface area contributed by atoms with Crippen LogP contribution in [0, 0.1) is 12.7 Å². The highest BCUT2D eigenvalue weighted by Gasteiger charge is 2.28. The summed E-state index contributed by atoms with van der Waals surface area (Å²) in [6.07, 6.45) is 2.77. The average molecular weight is 408 g/mol. The Morgan fingerprint density at radius 3 is 2.41 bits per heavy atom. The molecule has 3 rings (SSSR count). The zero-order valence-electron chi connectivity index (χ0n) is 15.0. The van der Waals surface area contributed by atoms with Crippen LogP contribution in [-0.4, -0.2) is 30.9 Å². The maximum absolute atomic E-state index is 13.8. The van der Waals surface area contributed by atoms with Crippen LogP contribution < -0.4 is 10.6 Å². The third-order valence-electron chi connectivity index (χ3n) is 4.44. The van der Waals surface area contributed by atoms with Crippen LogP contribution in [0.15, 0.2) is 47.4 Å². The molecule has 0 radical (unpaired) electrons. The van der Waals surface area contributed by atoms with Gasteiger partial charge in [0.25, 0.3) is 0 Å². The maximum atomic E-state index is 13.8. The number of rotatable bonds is 4. The number of nitrogens with zero attached hydrogens (tertiary/aromatic N) is 1. The van der Waals surface area contributed by atoms with E-state index in [9.17, 15) is 12.8 Å². The number of benzene rings is 2. The lowest BCUT2D eigenvalue weighted by atomic mass is 10.2. The molecule has 2 aromatic rings. The molecule has 0 aromatic heterocycles. The lowest BCUT2D eigenvalue weighted by Gasteiger charge is -2.27. The van der Waals surface area contributed by atoms with Crippen molar-refractivity contribution < 1.29 is 12.8 Å². The van der Waals surface area contributed by atoms with Gasteiger partial charge in [-0.15, -0.1) is 0 Å². The smallest absolute Gasteiger partial charge is 0.245 e. The molecule has 144 valence electrons. The van der Waals surface area contributed by atoms with Gasteiger partial charge in [0.2, 0.25) is 10.0 Å². The van der Waals surface area contributed by atoms with Gasteiger partial charge in [0.05, 0.1) is 11.4 Å². The predicted octanol–water partition coefficient (Wildman–Crippen LogP) is 4.12. The van der Waals surface area contributed by atoms with Crippen molar-refractivity contribution in [1.82, 2.24) is 4.31 Å². The number of sulfonamides is 1. The van der Waals surface area contributed by atoms with E-state index in [1.807, 2.05) is 13.0 Å². The van der Waals surface area contributed by atoms with E-state index >= 15 is 0 Å². The second-order valence-corrected chi connectivity index (χ2v) is 8.84. The average Bonchev–Trinajstić information content (AvgIpc) is 2.66. The van der Waals surface area contributed by atoms with Gasteiger partial charge in [-0.25, -0.2) is 12.8 Å². The molecule has 1 heterocycles. The minimum absolute atomic E-state index is 0.124. The zero-order valence-corrected chi connectivity index (χ0v) is 16.7. The normalized spacial score (nSPS) is 15.3. The summed E-state index contributed by atoms with van der Waals surface area (Å²) in [4.78, 5) is 0.182. The number of nitrogens with one attached hydrogen (secondary N) is 2. The largest absolute Gasteiger partial charge is 0.331 e. The quantitative estimate of drug-likeness (QED) is 0.747. The monoisotopic (exact) mass is 407 g/mol. The summed E-state index contributed by atoms with van der Waals surface area (Å²) in [6.45, 7) is 2.89. The standard InChI is InChI=1S/C19H22FN3O2S2/c1-14-9-10-17(22-19(26)21-16-8-4-3-7-15(16)20)18(13-14)27(24,25)23-11-5-2-6-12-23/h3-4,7-10,13H,2,5-6,11-12H2,1H3,(H2,21,22,26). The second kappa shape index (κ2) is 8.33. The van der Waals surface area contributed by atoms with E-state index in [-0.39, 0.29) is 15.7 Å². The van der Waals surface area contributed by atoms with E-state index in [1.165, 1.54) is 10.4 Å². The number of para-hydroxylation sites is 1. The fourth-order valence-corrected chi connectivity index (χ4v) is 5.00. The first-order valence-corrected chi connectivity index (χ1v) is 10.7. The van der Waals surface area contributed by atoms with Crippen molar-refractivity contribution in [1.29, 1.82) is 0 Å². The highest BCUT2D eigenvalue weighted by atomic mass is 32.2. The Bertz CT molecular complexity index is 942. The van der Waals surface area contributed by atoms with Gasteiger partial charge in [-0.05, 0) is 61.8 Å². The lowest BCUT2D eigenvalue weighted by molar-refractivity contribution is 0.347. The van der Waals surface area contributed by atoms with E-state index in [2.05, 4.69) is 10.6 Å². The van der Waals surface area contributed by atoms with Gasteiger partial charge in [-0.3, -0.25) is 0 Å². The predicted molar refractivity (Wildman–Crippen MR) is 110 cm³/mol. The van der Waals surface area contributed by atoms with Crippen LogP contribution >= 0.6 is 12.2 Å². The Hall–Kier alpha value is -2.03. The molecule has 0 spiro atoms. The molecule has 1 aliphatic rings. The van der Waals surface area contributed by atoms with Crippen molar-refractivity contribution in [3.63, 3.8) is 0 Å². The first-order valence-electron chi connectivity index (χ1n) is 8.81. The summed E-state index contributed by atoms with van der Waals surface area (Å²) in [5.41, 5.74) is 1.44. The summed E-state index contributed by atoms with van der Waals surface area (Å²) in [5, 5.41) is 5.80. The number of halogens is 1. The Labute approximate surface area is 164 Å². The molecule has 1 saturated heterocycles. The summed E-state index contributed by atoms with van der Waals surface area (Å²) in [6, 6.07) is 11.3. The minimum atomic E-state index is -3.63. The van der Waals surface area contributed by atoms with E-state index in [0.29, 0.717) is 18.8 Å². The van der Waals surface area contributed by atoms with Crippen molar-refractivity contribution in [3.8, 4) is 0 Å². The van der Waals surface area contributed by atoms with Gasteiger partial charge in [-0.1, -0.05) is 24.6 Å². The van der Waals surface area contributed by atoms with Crippen LogP contribution in [0.25, 0.3) is 0 Å². The third-order valence-corrected chi connectivity index (χ3v) is 6.58. The SMILES string of the molecule is Cc1ccc(NC(=S)Nc2ccccc2F)c(S(=O)(=O)N2CCCCC2)c1. The highest BCUT2D eigenvalue weighted by molar-refractivity contribution is 7.89. The molecule has 0 bridgehead atoms. The maximum Gasteiger partial charge on any atom is 0.245 e. The first-order chi connectivity index (χ1) is 12.9. The number of hydrogen-bond acceptors (Lipinski definition) is 3. The van der Waals surface area contributed by atoms with Crippen molar-refractivity contribution in [2.75, 3.05) is 23.7 Å². The topological polar surface area (TPSA) is 61.4 Å². The molecule has 1 aliphatic heterocycles. The van der Waals surface area contributed by atoms with Gasteiger partial charge in [0.15, 0.2) is 5.11 Å². The van der Waals surface area contributed by atoms with Crippen LogP contribution in [-0.2, 0) is 10.0 Å². The number of hydrogen-bond donors (Lipinski definition) is 2. The molecule has 2 aromatic carbocycles. The molecular weight excluding hydrogens is 385 g/mol. The molecule has 5 nitrogen and oxygen atoms in total. The Morgan fingerprint density at radius 1 is 1.04 bits per heavy atom. The van der Waals surface area contributed by atoms with Crippen LogP contribution in [0.2, 0.25) is 0 Å². The van der Waals surface area contributed by atoms with Crippen molar-refractivity contribution in [3.05, 3.63) is 53.8 Å². The Kier molecular flexibility index (Phi) is 6.08. The van der Waals surface area contributed by atoms with Gasteiger partial charge in [0, 0.05) is 13.1 Å². The molecule has 0 aliphatic carbocycles. The van der Waals surface area contributed by atoms with Crippen LogP contribution in [0.1, 0.15) is 24.8 Å². The fourth-order valence-electron chi connectivity index (χ4n) is 3.03. The molecule has 0 atom stereocenters. The first kappa shape index (κ1) is 19.7. The van der Waals surface area contributed by atoms with Crippen LogP contribution in [0.4, 0.5) is 15.8 Å². The molecule has 0 unspecified atom stereocenters. The molecular formula is C19H22FN3O2S2. The number of anilines is 2. The lowest BCUT2D eigenvalue weighted by Crippen LogP contribution is -2.36. The molecule has 0 amide bonds. The number of aryl methyl sites for hydroxylation is 1. The number of thiocarbonyl (C=S) groups is 1. The van der Waals surface area contributed by atoms with E-state index in [4.69, 9.17) is 12.2 Å². The molecule has 0 saturated carbocycles. The van der Waals surface area contributed by atoms with Gasteiger partial charge in [0.1, 0.15) is 10.7 Å². The molecule has 2 N–H and O–H groups in total. The summed E-state index contributed by atoms with van der Waals surface area (Å²) >= 11 is 5.25.